The van der Waals surface area contributed by atoms with Crippen LogP contribution >= 0.6 is 0 Å². The van der Waals surface area contributed by atoms with Crippen LogP contribution in [0.25, 0.3) is 11.3 Å². The molecule has 38 heavy (non-hydrogen) atoms. The fourth-order valence-electron chi connectivity index (χ4n) is 4.03. The van der Waals surface area contributed by atoms with Gasteiger partial charge in [0, 0.05) is 30.0 Å². The Kier molecular flexibility index (Phi) is 8.78. The van der Waals surface area contributed by atoms with Gasteiger partial charge in [-0.15, -0.1) is 0 Å². The third-order valence-corrected chi connectivity index (χ3v) is 5.69. The lowest BCUT2D eigenvalue weighted by atomic mass is 10.1. The number of hydrogen-bond acceptors (Lipinski definition) is 7. The van der Waals surface area contributed by atoms with Crippen molar-refractivity contribution in [2.75, 3.05) is 24.2 Å². The summed E-state index contributed by atoms with van der Waals surface area (Å²) < 4.78 is 16.1. The van der Waals surface area contributed by atoms with Gasteiger partial charge in [-0.25, -0.2) is 14.6 Å². The predicted molar refractivity (Wildman–Crippen MR) is 144 cm³/mol. The van der Waals surface area contributed by atoms with E-state index in [1.54, 1.807) is 36.7 Å². The van der Waals surface area contributed by atoms with Gasteiger partial charge in [-0.3, -0.25) is 4.90 Å². The van der Waals surface area contributed by atoms with Gasteiger partial charge < -0.3 is 29.5 Å². The molecule has 0 bridgehead atoms. The second-order valence-corrected chi connectivity index (χ2v) is 9.02. The number of likely N-dealkylation sites (N-methyl/N-ethyl adjacent to an activating group) is 1. The lowest BCUT2D eigenvalue weighted by Crippen LogP contribution is -2.34. The van der Waals surface area contributed by atoms with Gasteiger partial charge in [0.2, 0.25) is 0 Å². The van der Waals surface area contributed by atoms with Crippen LogP contribution in [0, 0.1) is 6.92 Å². The Hall–Kier alpha value is -4.57. The van der Waals surface area contributed by atoms with E-state index in [-0.39, 0.29) is 18.7 Å². The number of oxazole rings is 1. The summed E-state index contributed by atoms with van der Waals surface area (Å²) in [6.45, 7) is 5.22. The number of urea groups is 1. The van der Waals surface area contributed by atoms with E-state index in [0.29, 0.717) is 30.2 Å². The highest BCUT2D eigenvalue weighted by molar-refractivity contribution is 6.00. The molecule has 0 radical (unpaired) electrons. The molecule has 0 spiro atoms. The van der Waals surface area contributed by atoms with E-state index >= 15 is 0 Å². The van der Waals surface area contributed by atoms with E-state index in [0.717, 1.165) is 22.5 Å². The summed E-state index contributed by atoms with van der Waals surface area (Å²) in [6, 6.07) is 16.1. The van der Waals surface area contributed by atoms with Crippen molar-refractivity contribution in [1.29, 1.82) is 0 Å². The van der Waals surface area contributed by atoms with Crippen LogP contribution < -0.4 is 16.0 Å². The number of hydrogen-bond donors (Lipinski definition) is 3. The number of carbonyl (C=O) groups is 2. The molecule has 198 valence electrons. The Morgan fingerprint density at radius 1 is 1.05 bits per heavy atom. The van der Waals surface area contributed by atoms with Crippen LogP contribution in [-0.4, -0.2) is 41.7 Å². The zero-order valence-electron chi connectivity index (χ0n) is 21.6. The van der Waals surface area contributed by atoms with Crippen LogP contribution in [0.4, 0.5) is 21.0 Å². The number of ether oxygens (including phenoxy) is 1. The SMILES string of the molecule is Cc1cc(NC(=O)Nc2cccc(CNC(=O)OC(C)CN(C)Cc3ccco3)c2)ccc1-c1cnco1. The minimum atomic E-state index is -0.510. The maximum absolute atomic E-state index is 12.5. The summed E-state index contributed by atoms with van der Waals surface area (Å²) in [4.78, 5) is 30.8. The Bertz CT molecular complexity index is 1340. The number of furan rings is 1. The Morgan fingerprint density at radius 3 is 2.58 bits per heavy atom. The molecule has 0 aliphatic rings. The number of anilines is 2. The van der Waals surface area contributed by atoms with E-state index in [9.17, 15) is 9.59 Å². The molecule has 2 aromatic carbocycles. The topological polar surface area (TPSA) is 122 Å². The number of nitrogens with one attached hydrogen (secondary N) is 3. The second kappa shape index (κ2) is 12.6. The molecule has 2 aromatic heterocycles. The van der Waals surface area contributed by atoms with Gasteiger partial charge in [0.15, 0.2) is 12.2 Å². The van der Waals surface area contributed by atoms with Crippen LogP contribution in [0.5, 0.6) is 0 Å². The van der Waals surface area contributed by atoms with Crippen molar-refractivity contribution >= 4 is 23.5 Å². The molecule has 10 heteroatoms. The third kappa shape index (κ3) is 7.71. The molecule has 4 aromatic rings. The highest BCUT2D eigenvalue weighted by Gasteiger charge is 2.13. The molecular formula is C28H31N5O5. The van der Waals surface area contributed by atoms with Crippen molar-refractivity contribution in [3.8, 4) is 11.3 Å². The number of aryl methyl sites for hydroxylation is 1. The normalized spacial score (nSPS) is 11.7. The first kappa shape index (κ1) is 26.5. The molecule has 2 heterocycles. The van der Waals surface area contributed by atoms with Crippen molar-refractivity contribution < 1.29 is 23.2 Å². The zero-order chi connectivity index (χ0) is 26.9. The minimum absolute atomic E-state index is 0.257. The lowest BCUT2D eigenvalue weighted by molar-refractivity contribution is 0.0827. The number of benzene rings is 2. The Morgan fingerprint density at radius 2 is 1.87 bits per heavy atom. The third-order valence-electron chi connectivity index (χ3n) is 5.69. The van der Waals surface area contributed by atoms with E-state index in [2.05, 4.69) is 20.9 Å². The molecule has 0 aliphatic carbocycles. The molecule has 10 nitrogen and oxygen atoms in total. The van der Waals surface area contributed by atoms with Crippen molar-refractivity contribution in [3.63, 3.8) is 0 Å². The van der Waals surface area contributed by atoms with E-state index < -0.39 is 6.09 Å². The largest absolute Gasteiger partial charge is 0.468 e. The van der Waals surface area contributed by atoms with Gasteiger partial charge in [0.1, 0.15) is 11.9 Å². The predicted octanol–water partition coefficient (Wildman–Crippen LogP) is 5.63. The number of aromatic nitrogens is 1. The first-order valence-corrected chi connectivity index (χ1v) is 12.2. The summed E-state index contributed by atoms with van der Waals surface area (Å²) in [7, 11) is 1.93. The average Bonchev–Trinajstić information content (AvgIpc) is 3.57. The Balaban J connectivity index is 1.22. The monoisotopic (exact) mass is 517 g/mol. The number of amides is 3. The van der Waals surface area contributed by atoms with Crippen LogP contribution in [-0.2, 0) is 17.8 Å². The molecule has 3 N–H and O–H groups in total. The number of rotatable bonds is 10. The van der Waals surface area contributed by atoms with Crippen molar-refractivity contribution in [1.82, 2.24) is 15.2 Å². The first-order valence-electron chi connectivity index (χ1n) is 12.2. The number of carbonyl (C=O) groups excluding carboxylic acids is 2. The summed E-state index contributed by atoms with van der Waals surface area (Å²) in [5.41, 5.74) is 3.90. The van der Waals surface area contributed by atoms with Crippen LogP contribution in [0.1, 0.15) is 23.8 Å². The molecule has 0 fully saturated rings. The highest BCUT2D eigenvalue weighted by Crippen LogP contribution is 2.25. The average molecular weight is 518 g/mol. The molecule has 0 saturated heterocycles. The molecule has 3 amide bonds. The van der Waals surface area contributed by atoms with Gasteiger partial charge in [-0.2, -0.15) is 0 Å². The molecule has 1 unspecified atom stereocenters. The van der Waals surface area contributed by atoms with Crippen molar-refractivity contribution in [2.45, 2.75) is 33.0 Å². The minimum Gasteiger partial charge on any atom is -0.468 e. The molecule has 1 atom stereocenters. The first-order chi connectivity index (χ1) is 18.4. The van der Waals surface area contributed by atoms with Crippen molar-refractivity contribution in [3.05, 3.63) is 90.3 Å². The van der Waals surface area contributed by atoms with E-state index in [4.69, 9.17) is 13.6 Å². The fourth-order valence-corrected chi connectivity index (χ4v) is 4.03. The maximum atomic E-state index is 12.5. The second-order valence-electron chi connectivity index (χ2n) is 9.02. The van der Waals surface area contributed by atoms with E-state index in [1.807, 2.05) is 56.1 Å². The van der Waals surface area contributed by atoms with E-state index in [1.165, 1.54) is 6.39 Å². The van der Waals surface area contributed by atoms with Crippen LogP contribution in [0.15, 0.2) is 82.3 Å². The van der Waals surface area contributed by atoms with Gasteiger partial charge in [-0.1, -0.05) is 12.1 Å². The lowest BCUT2D eigenvalue weighted by Gasteiger charge is -2.20. The summed E-state index contributed by atoms with van der Waals surface area (Å²) in [5.74, 6) is 1.52. The quantitative estimate of drug-likeness (QED) is 0.249. The fraction of sp³-hybridized carbons (Fsp3) is 0.250. The standard InChI is InChI=1S/C28H31N5O5/c1-19-12-23(9-10-25(19)26-15-29-18-37-26)32-27(34)31-22-7-4-6-21(13-22)14-30-28(35)38-20(2)16-33(3)17-24-8-5-11-36-24/h4-13,15,18,20H,14,16-17H2,1-3H3,(H,30,35)(H2,31,32,34). The summed E-state index contributed by atoms with van der Waals surface area (Å²) in [6.07, 6.45) is 3.84. The molecule has 0 aliphatic heterocycles. The van der Waals surface area contributed by atoms with Gasteiger partial charge in [0.25, 0.3) is 0 Å². The molecule has 0 saturated carbocycles. The smallest absolute Gasteiger partial charge is 0.407 e. The molecular weight excluding hydrogens is 486 g/mol. The zero-order valence-corrected chi connectivity index (χ0v) is 21.6. The van der Waals surface area contributed by atoms with Crippen LogP contribution in [0.2, 0.25) is 0 Å². The maximum Gasteiger partial charge on any atom is 0.407 e. The summed E-state index contributed by atoms with van der Waals surface area (Å²) >= 11 is 0. The number of alkyl carbamates (subject to hydrolysis) is 1. The summed E-state index contributed by atoms with van der Waals surface area (Å²) in [5, 5.41) is 8.40. The van der Waals surface area contributed by atoms with Gasteiger partial charge in [-0.05, 0) is 74.5 Å². The van der Waals surface area contributed by atoms with Crippen LogP contribution in [0.3, 0.4) is 0 Å². The number of nitrogens with zero attached hydrogens (tertiary/aromatic N) is 2. The molecule has 4 rings (SSSR count). The highest BCUT2D eigenvalue weighted by atomic mass is 16.6. The Labute approximate surface area is 221 Å². The van der Waals surface area contributed by atoms with Gasteiger partial charge in [0.05, 0.1) is 19.0 Å². The van der Waals surface area contributed by atoms with Crippen molar-refractivity contribution in [2.24, 2.45) is 0 Å². The van der Waals surface area contributed by atoms with Gasteiger partial charge >= 0.3 is 12.1 Å².